The minimum Gasteiger partial charge on any atom is -0.432 e. The summed E-state index contributed by atoms with van der Waals surface area (Å²) in [5.41, 5.74) is 6.40. The van der Waals surface area contributed by atoms with Crippen molar-refractivity contribution in [1.82, 2.24) is 9.88 Å². The van der Waals surface area contributed by atoms with Crippen LogP contribution < -0.4 is 10.6 Å². The molecule has 0 aromatic carbocycles. The predicted molar refractivity (Wildman–Crippen MR) is 70.4 cm³/mol. The van der Waals surface area contributed by atoms with E-state index in [1.54, 1.807) is 6.26 Å². The van der Waals surface area contributed by atoms with Gasteiger partial charge in [0.25, 0.3) is 6.01 Å². The molecule has 0 amide bonds. The van der Waals surface area contributed by atoms with Gasteiger partial charge in [-0.3, -0.25) is 4.90 Å². The Morgan fingerprint density at radius 3 is 2.83 bits per heavy atom. The highest BCUT2D eigenvalue weighted by atomic mass is 16.4. The summed E-state index contributed by atoms with van der Waals surface area (Å²) in [5.74, 6) is 0. The topological polar surface area (TPSA) is 58.5 Å². The Labute approximate surface area is 108 Å². The van der Waals surface area contributed by atoms with Crippen LogP contribution in [0.2, 0.25) is 0 Å². The number of nitrogens with two attached hydrogens (primary N) is 1. The molecule has 5 nitrogen and oxygen atoms in total. The summed E-state index contributed by atoms with van der Waals surface area (Å²) in [6.45, 7) is 5.07. The maximum absolute atomic E-state index is 5.56. The van der Waals surface area contributed by atoms with E-state index in [1.165, 1.54) is 38.8 Å². The molecule has 2 saturated heterocycles. The first-order valence-electron chi connectivity index (χ1n) is 7.00. The molecule has 0 radical (unpaired) electrons. The van der Waals surface area contributed by atoms with Crippen LogP contribution in [0.15, 0.2) is 10.7 Å². The number of piperidine rings is 1. The molecule has 0 bridgehead atoms. The van der Waals surface area contributed by atoms with Crippen molar-refractivity contribution < 1.29 is 4.42 Å². The lowest BCUT2D eigenvalue weighted by Crippen LogP contribution is -2.40. The number of oxazole rings is 1. The molecule has 3 rings (SSSR count). The minimum absolute atomic E-state index is 0.451. The molecule has 18 heavy (non-hydrogen) atoms. The summed E-state index contributed by atoms with van der Waals surface area (Å²) in [4.78, 5) is 9.29. The first kappa shape index (κ1) is 12.0. The largest absolute Gasteiger partial charge is 0.432 e. The van der Waals surface area contributed by atoms with Gasteiger partial charge >= 0.3 is 0 Å². The molecule has 2 fully saturated rings. The zero-order chi connectivity index (χ0) is 12.4. The highest BCUT2D eigenvalue weighted by Gasteiger charge is 2.30. The third kappa shape index (κ3) is 2.37. The first-order chi connectivity index (χ1) is 8.86. The van der Waals surface area contributed by atoms with Crippen LogP contribution in [-0.2, 0) is 6.54 Å². The van der Waals surface area contributed by atoms with Gasteiger partial charge in [-0.05, 0) is 32.4 Å². The van der Waals surface area contributed by atoms with Crippen LogP contribution in [0.5, 0.6) is 0 Å². The Morgan fingerprint density at radius 2 is 2.11 bits per heavy atom. The van der Waals surface area contributed by atoms with Crippen molar-refractivity contribution in [2.24, 2.45) is 5.73 Å². The van der Waals surface area contributed by atoms with Crippen LogP contribution in [0.4, 0.5) is 6.01 Å². The van der Waals surface area contributed by atoms with Crippen molar-refractivity contribution in [2.45, 2.75) is 38.3 Å². The Hall–Kier alpha value is -1.07. The van der Waals surface area contributed by atoms with Gasteiger partial charge in [-0.1, -0.05) is 6.42 Å². The summed E-state index contributed by atoms with van der Waals surface area (Å²) >= 11 is 0. The van der Waals surface area contributed by atoms with Gasteiger partial charge in [-0.25, -0.2) is 0 Å². The van der Waals surface area contributed by atoms with E-state index in [1.807, 2.05) is 0 Å². The van der Waals surface area contributed by atoms with E-state index < -0.39 is 0 Å². The van der Waals surface area contributed by atoms with E-state index >= 15 is 0 Å². The summed E-state index contributed by atoms with van der Waals surface area (Å²) in [6, 6.07) is 1.42. The quantitative estimate of drug-likeness (QED) is 0.873. The van der Waals surface area contributed by atoms with Gasteiger partial charge in [-0.2, -0.15) is 4.98 Å². The standard InChI is InChI=1S/C13H22N4O/c14-8-11-10-18-13(15-11)17-7-4-12(9-17)16-5-2-1-3-6-16/h10,12H,1-9,14H2. The number of hydrogen-bond donors (Lipinski definition) is 1. The maximum Gasteiger partial charge on any atom is 0.297 e. The highest BCUT2D eigenvalue weighted by Crippen LogP contribution is 2.24. The smallest absolute Gasteiger partial charge is 0.297 e. The third-order valence-electron chi connectivity index (χ3n) is 4.09. The van der Waals surface area contributed by atoms with Crippen LogP contribution in [0.25, 0.3) is 0 Å². The second-order valence-electron chi connectivity index (χ2n) is 5.31. The second-order valence-corrected chi connectivity index (χ2v) is 5.31. The molecular formula is C13H22N4O. The number of aromatic nitrogens is 1. The third-order valence-corrected chi connectivity index (χ3v) is 4.09. The molecule has 1 atom stereocenters. The van der Waals surface area contributed by atoms with Crippen molar-refractivity contribution in [3.05, 3.63) is 12.0 Å². The predicted octanol–water partition coefficient (Wildman–Crippen LogP) is 1.20. The number of likely N-dealkylation sites (tertiary alicyclic amines) is 1. The first-order valence-corrected chi connectivity index (χ1v) is 7.00. The summed E-state index contributed by atoms with van der Waals surface area (Å²) in [7, 11) is 0. The minimum atomic E-state index is 0.451. The number of anilines is 1. The van der Waals surface area contributed by atoms with Gasteiger partial charge in [0.05, 0.1) is 5.69 Å². The van der Waals surface area contributed by atoms with E-state index in [4.69, 9.17) is 10.2 Å². The van der Waals surface area contributed by atoms with Gasteiger partial charge in [-0.15, -0.1) is 0 Å². The maximum atomic E-state index is 5.56. The fourth-order valence-corrected chi connectivity index (χ4v) is 3.03. The molecule has 3 heterocycles. The molecule has 2 aliphatic heterocycles. The van der Waals surface area contributed by atoms with Crippen LogP contribution in [0.3, 0.4) is 0 Å². The van der Waals surface area contributed by atoms with E-state index in [2.05, 4.69) is 14.8 Å². The molecule has 0 saturated carbocycles. The molecule has 1 aromatic rings. The van der Waals surface area contributed by atoms with Crippen LogP contribution in [-0.4, -0.2) is 42.1 Å². The molecule has 0 aliphatic carbocycles. The lowest BCUT2D eigenvalue weighted by Gasteiger charge is -2.31. The van der Waals surface area contributed by atoms with Gasteiger partial charge in [0.15, 0.2) is 0 Å². The van der Waals surface area contributed by atoms with Crippen molar-refractivity contribution >= 4 is 6.01 Å². The molecule has 0 spiro atoms. The Kier molecular flexibility index (Phi) is 3.52. The second kappa shape index (κ2) is 5.28. The normalized spacial score (nSPS) is 25.8. The van der Waals surface area contributed by atoms with Gasteiger partial charge in [0, 0.05) is 25.7 Å². The average Bonchev–Trinajstić information content (AvgIpc) is 3.08. The van der Waals surface area contributed by atoms with Crippen molar-refractivity contribution in [2.75, 3.05) is 31.1 Å². The van der Waals surface area contributed by atoms with E-state index in [0.29, 0.717) is 12.6 Å². The summed E-state index contributed by atoms with van der Waals surface area (Å²) in [5, 5.41) is 0. The lowest BCUT2D eigenvalue weighted by molar-refractivity contribution is 0.174. The lowest BCUT2D eigenvalue weighted by atomic mass is 10.1. The SMILES string of the molecule is NCc1coc(N2CCC(N3CCCCC3)C2)n1. The summed E-state index contributed by atoms with van der Waals surface area (Å²) in [6.07, 6.45) is 7.00. The number of rotatable bonds is 3. The van der Waals surface area contributed by atoms with Gasteiger partial charge < -0.3 is 15.1 Å². The molecular weight excluding hydrogens is 228 g/mol. The monoisotopic (exact) mass is 250 g/mol. The number of hydrogen-bond acceptors (Lipinski definition) is 5. The van der Waals surface area contributed by atoms with E-state index in [-0.39, 0.29) is 0 Å². The fourth-order valence-electron chi connectivity index (χ4n) is 3.03. The van der Waals surface area contributed by atoms with Crippen molar-refractivity contribution in [3.63, 3.8) is 0 Å². The molecule has 2 aliphatic rings. The fraction of sp³-hybridized carbons (Fsp3) is 0.769. The highest BCUT2D eigenvalue weighted by molar-refractivity contribution is 5.29. The summed E-state index contributed by atoms with van der Waals surface area (Å²) < 4.78 is 5.49. The molecule has 1 aromatic heterocycles. The zero-order valence-corrected chi connectivity index (χ0v) is 10.8. The molecule has 100 valence electrons. The Balaban J connectivity index is 1.60. The van der Waals surface area contributed by atoms with Crippen LogP contribution >= 0.6 is 0 Å². The van der Waals surface area contributed by atoms with Gasteiger partial charge in [0.1, 0.15) is 6.26 Å². The van der Waals surface area contributed by atoms with Gasteiger partial charge in [0.2, 0.25) is 0 Å². The van der Waals surface area contributed by atoms with E-state index in [9.17, 15) is 0 Å². The van der Waals surface area contributed by atoms with Crippen molar-refractivity contribution in [3.8, 4) is 0 Å². The van der Waals surface area contributed by atoms with E-state index in [0.717, 1.165) is 24.8 Å². The molecule has 2 N–H and O–H groups in total. The molecule has 1 unspecified atom stereocenters. The average molecular weight is 250 g/mol. The Bertz CT molecular complexity index is 386. The van der Waals surface area contributed by atoms with Crippen LogP contribution in [0, 0.1) is 0 Å². The zero-order valence-electron chi connectivity index (χ0n) is 10.8. The Morgan fingerprint density at radius 1 is 1.28 bits per heavy atom. The number of nitrogens with zero attached hydrogens (tertiary/aromatic N) is 3. The van der Waals surface area contributed by atoms with Crippen LogP contribution in [0.1, 0.15) is 31.4 Å². The molecule has 5 heteroatoms. The van der Waals surface area contributed by atoms with Crippen molar-refractivity contribution in [1.29, 1.82) is 0 Å².